The number of nitrogens with zero attached hydrogens (tertiary/aromatic N) is 2. The summed E-state index contributed by atoms with van der Waals surface area (Å²) in [4.78, 5) is 14.9. The minimum atomic E-state index is -0.790. The highest BCUT2D eigenvalue weighted by Gasteiger charge is 2.12. The summed E-state index contributed by atoms with van der Waals surface area (Å²) in [5.41, 5.74) is 3.05. The summed E-state index contributed by atoms with van der Waals surface area (Å²) in [7, 11) is 0. The Balaban J connectivity index is 2.44. The molecule has 2 rings (SSSR count). The number of aryl methyl sites for hydroxylation is 1. The van der Waals surface area contributed by atoms with Crippen LogP contribution in [0.2, 0.25) is 0 Å². The fourth-order valence-electron chi connectivity index (χ4n) is 1.84. The number of hydrogen-bond acceptors (Lipinski definition) is 2. The monoisotopic (exact) mass is 218 g/mol. The van der Waals surface area contributed by atoms with Gasteiger partial charge in [0.25, 0.3) is 0 Å². The standard InChI is InChI=1S/C12H14N2O2/c1-8-3-4-10-11(5-8)14(7-13-10)9(2)6-12(15)16/h3-5,7,9H,6H2,1-2H3,(H,15,16). The average molecular weight is 218 g/mol. The summed E-state index contributed by atoms with van der Waals surface area (Å²) in [5, 5.41) is 8.78. The van der Waals surface area contributed by atoms with Gasteiger partial charge in [0.15, 0.2) is 0 Å². The number of aliphatic carboxylic acids is 1. The van der Waals surface area contributed by atoms with Crippen molar-refractivity contribution in [3.8, 4) is 0 Å². The Kier molecular flexibility index (Phi) is 2.64. The lowest BCUT2D eigenvalue weighted by Crippen LogP contribution is -2.09. The number of imidazole rings is 1. The minimum Gasteiger partial charge on any atom is -0.481 e. The maximum absolute atomic E-state index is 10.7. The summed E-state index contributed by atoms with van der Waals surface area (Å²) >= 11 is 0. The van der Waals surface area contributed by atoms with Gasteiger partial charge in [-0.2, -0.15) is 0 Å². The normalized spacial score (nSPS) is 12.9. The zero-order valence-corrected chi connectivity index (χ0v) is 9.34. The second kappa shape index (κ2) is 3.96. The van der Waals surface area contributed by atoms with Crippen molar-refractivity contribution in [2.24, 2.45) is 0 Å². The van der Waals surface area contributed by atoms with E-state index in [0.29, 0.717) is 0 Å². The molecule has 0 aliphatic rings. The van der Waals surface area contributed by atoms with E-state index in [9.17, 15) is 4.79 Å². The second-order valence-corrected chi connectivity index (χ2v) is 4.09. The third-order valence-electron chi connectivity index (χ3n) is 2.68. The van der Waals surface area contributed by atoms with E-state index >= 15 is 0 Å². The van der Waals surface area contributed by atoms with Crippen molar-refractivity contribution in [3.63, 3.8) is 0 Å². The fourth-order valence-corrected chi connectivity index (χ4v) is 1.84. The molecular formula is C12H14N2O2. The van der Waals surface area contributed by atoms with E-state index in [1.165, 1.54) is 0 Å². The quantitative estimate of drug-likeness (QED) is 0.860. The fraction of sp³-hybridized carbons (Fsp3) is 0.333. The van der Waals surface area contributed by atoms with Gasteiger partial charge in [-0.15, -0.1) is 0 Å². The number of hydrogen-bond donors (Lipinski definition) is 1. The van der Waals surface area contributed by atoms with Crippen molar-refractivity contribution in [2.75, 3.05) is 0 Å². The van der Waals surface area contributed by atoms with Gasteiger partial charge >= 0.3 is 5.97 Å². The van der Waals surface area contributed by atoms with E-state index in [0.717, 1.165) is 16.6 Å². The van der Waals surface area contributed by atoms with Crippen LogP contribution in [0.5, 0.6) is 0 Å². The van der Waals surface area contributed by atoms with Crippen LogP contribution in [0.3, 0.4) is 0 Å². The van der Waals surface area contributed by atoms with E-state index in [1.54, 1.807) is 6.33 Å². The molecular weight excluding hydrogens is 204 g/mol. The maximum atomic E-state index is 10.7. The summed E-state index contributed by atoms with van der Waals surface area (Å²) in [6.07, 6.45) is 1.82. The summed E-state index contributed by atoms with van der Waals surface area (Å²) in [6.45, 7) is 3.90. The Morgan fingerprint density at radius 3 is 3.00 bits per heavy atom. The molecule has 1 unspecified atom stereocenters. The van der Waals surface area contributed by atoms with Gasteiger partial charge < -0.3 is 9.67 Å². The minimum absolute atomic E-state index is 0.0794. The van der Waals surface area contributed by atoms with Crippen LogP contribution in [0.4, 0.5) is 0 Å². The van der Waals surface area contributed by atoms with Crippen LogP contribution in [0, 0.1) is 6.92 Å². The lowest BCUT2D eigenvalue weighted by Gasteiger charge is -2.11. The molecule has 1 N–H and O–H groups in total. The molecule has 0 aliphatic carbocycles. The van der Waals surface area contributed by atoms with Crippen LogP contribution < -0.4 is 0 Å². The molecule has 84 valence electrons. The predicted octanol–water partition coefficient (Wildman–Crippen LogP) is 2.38. The van der Waals surface area contributed by atoms with E-state index in [4.69, 9.17) is 5.11 Å². The van der Waals surface area contributed by atoms with Crippen LogP contribution in [0.15, 0.2) is 24.5 Å². The van der Waals surface area contributed by atoms with Crippen molar-refractivity contribution in [1.29, 1.82) is 0 Å². The number of rotatable bonds is 3. The van der Waals surface area contributed by atoms with Crippen molar-refractivity contribution >= 4 is 17.0 Å². The molecule has 0 amide bonds. The molecule has 0 spiro atoms. The molecule has 4 heteroatoms. The highest BCUT2D eigenvalue weighted by molar-refractivity contribution is 5.76. The van der Waals surface area contributed by atoms with Crippen molar-refractivity contribution < 1.29 is 9.90 Å². The van der Waals surface area contributed by atoms with Crippen LogP contribution in [0.25, 0.3) is 11.0 Å². The van der Waals surface area contributed by atoms with Gasteiger partial charge in [0.05, 0.1) is 23.8 Å². The first-order valence-electron chi connectivity index (χ1n) is 5.23. The number of carboxylic acid groups (broad SMARTS) is 1. The first kappa shape index (κ1) is 10.7. The zero-order valence-electron chi connectivity index (χ0n) is 9.34. The van der Waals surface area contributed by atoms with Crippen molar-refractivity contribution in [3.05, 3.63) is 30.1 Å². The van der Waals surface area contributed by atoms with Gasteiger partial charge in [0, 0.05) is 6.04 Å². The zero-order chi connectivity index (χ0) is 11.7. The third-order valence-corrected chi connectivity index (χ3v) is 2.68. The Hall–Kier alpha value is -1.84. The third kappa shape index (κ3) is 1.91. The Morgan fingerprint density at radius 2 is 2.31 bits per heavy atom. The highest BCUT2D eigenvalue weighted by Crippen LogP contribution is 2.20. The van der Waals surface area contributed by atoms with Crippen LogP contribution in [-0.2, 0) is 4.79 Å². The summed E-state index contributed by atoms with van der Waals surface area (Å²) in [5.74, 6) is -0.790. The Bertz CT molecular complexity index is 531. The molecule has 0 radical (unpaired) electrons. The van der Waals surface area contributed by atoms with E-state index < -0.39 is 5.97 Å². The number of aromatic nitrogens is 2. The lowest BCUT2D eigenvalue weighted by atomic mass is 10.2. The molecule has 16 heavy (non-hydrogen) atoms. The van der Waals surface area contributed by atoms with Crippen molar-refractivity contribution in [2.45, 2.75) is 26.3 Å². The second-order valence-electron chi connectivity index (χ2n) is 4.09. The average Bonchev–Trinajstić information content (AvgIpc) is 2.59. The maximum Gasteiger partial charge on any atom is 0.305 e. The Morgan fingerprint density at radius 1 is 1.56 bits per heavy atom. The van der Waals surface area contributed by atoms with Gasteiger partial charge in [-0.3, -0.25) is 4.79 Å². The predicted molar refractivity (Wildman–Crippen MR) is 61.4 cm³/mol. The molecule has 0 bridgehead atoms. The number of carboxylic acids is 1. The van der Waals surface area contributed by atoms with Crippen LogP contribution in [0.1, 0.15) is 24.9 Å². The molecule has 1 atom stereocenters. The van der Waals surface area contributed by atoms with E-state index in [-0.39, 0.29) is 12.5 Å². The molecule has 0 saturated heterocycles. The first-order valence-corrected chi connectivity index (χ1v) is 5.23. The SMILES string of the molecule is Cc1ccc2ncn(C(C)CC(=O)O)c2c1. The lowest BCUT2D eigenvalue weighted by molar-refractivity contribution is -0.137. The first-order chi connectivity index (χ1) is 7.58. The topological polar surface area (TPSA) is 55.1 Å². The van der Waals surface area contributed by atoms with E-state index in [1.807, 2.05) is 36.6 Å². The van der Waals surface area contributed by atoms with Gasteiger partial charge in [-0.05, 0) is 31.5 Å². The summed E-state index contributed by atoms with van der Waals surface area (Å²) in [6, 6.07) is 5.90. The molecule has 0 fully saturated rings. The smallest absolute Gasteiger partial charge is 0.305 e. The Labute approximate surface area is 93.5 Å². The summed E-state index contributed by atoms with van der Waals surface area (Å²) < 4.78 is 1.91. The molecule has 2 aromatic rings. The molecule has 0 saturated carbocycles. The van der Waals surface area contributed by atoms with Crippen molar-refractivity contribution in [1.82, 2.24) is 9.55 Å². The number of benzene rings is 1. The van der Waals surface area contributed by atoms with Gasteiger partial charge in [0.2, 0.25) is 0 Å². The molecule has 1 aromatic carbocycles. The van der Waals surface area contributed by atoms with Crippen LogP contribution >= 0.6 is 0 Å². The number of fused-ring (bicyclic) bond motifs is 1. The molecule has 4 nitrogen and oxygen atoms in total. The largest absolute Gasteiger partial charge is 0.481 e. The van der Waals surface area contributed by atoms with Gasteiger partial charge in [-0.25, -0.2) is 4.98 Å². The molecule has 0 aliphatic heterocycles. The van der Waals surface area contributed by atoms with Gasteiger partial charge in [-0.1, -0.05) is 6.07 Å². The highest BCUT2D eigenvalue weighted by atomic mass is 16.4. The van der Waals surface area contributed by atoms with Gasteiger partial charge in [0.1, 0.15) is 0 Å². The molecule has 1 heterocycles. The van der Waals surface area contributed by atoms with E-state index in [2.05, 4.69) is 4.98 Å². The molecule has 1 aromatic heterocycles. The van der Waals surface area contributed by atoms with Crippen LogP contribution in [-0.4, -0.2) is 20.6 Å². The number of carbonyl (C=O) groups is 1.